The molecule has 19 heavy (non-hydrogen) atoms. The Morgan fingerprint density at radius 2 is 2.11 bits per heavy atom. The van der Waals surface area contributed by atoms with Crippen LogP contribution in [0, 0.1) is 5.82 Å². The second-order valence-corrected chi connectivity index (χ2v) is 4.70. The molecule has 1 fully saturated rings. The lowest BCUT2D eigenvalue weighted by atomic mass is 10.1. The summed E-state index contributed by atoms with van der Waals surface area (Å²) >= 11 is 5.85. The highest BCUT2D eigenvalue weighted by molar-refractivity contribution is 6.35. The van der Waals surface area contributed by atoms with E-state index in [-0.39, 0.29) is 10.9 Å². The predicted octanol–water partition coefficient (Wildman–Crippen LogP) is 1.71. The van der Waals surface area contributed by atoms with Gasteiger partial charge in [-0.25, -0.2) is 9.18 Å². The lowest BCUT2D eigenvalue weighted by Gasteiger charge is -2.06. The van der Waals surface area contributed by atoms with Gasteiger partial charge in [-0.05, 0) is 17.7 Å². The van der Waals surface area contributed by atoms with Crippen molar-refractivity contribution in [1.29, 1.82) is 0 Å². The molecule has 1 atom stereocenters. The Morgan fingerprint density at radius 3 is 2.79 bits per heavy atom. The Bertz CT molecular complexity index is 698. The van der Waals surface area contributed by atoms with E-state index in [1.807, 2.05) is 0 Å². The molecule has 5 nitrogen and oxygen atoms in total. The number of urea groups is 1. The van der Waals surface area contributed by atoms with Gasteiger partial charge in [-0.15, -0.1) is 0 Å². The van der Waals surface area contributed by atoms with Gasteiger partial charge in [0, 0.05) is 18.0 Å². The van der Waals surface area contributed by atoms with Crippen molar-refractivity contribution in [2.75, 3.05) is 0 Å². The van der Waals surface area contributed by atoms with Crippen molar-refractivity contribution in [1.82, 2.24) is 15.6 Å². The molecule has 1 aromatic carbocycles. The van der Waals surface area contributed by atoms with Crippen LogP contribution in [0.1, 0.15) is 5.56 Å². The van der Waals surface area contributed by atoms with Crippen LogP contribution in [0.3, 0.4) is 0 Å². The molecule has 0 spiro atoms. The topological polar surface area (TPSA) is 74.0 Å². The van der Waals surface area contributed by atoms with Crippen molar-refractivity contribution < 1.29 is 14.0 Å². The lowest BCUT2D eigenvalue weighted by Crippen LogP contribution is -2.30. The van der Waals surface area contributed by atoms with E-state index in [4.69, 9.17) is 11.6 Å². The fraction of sp³-hybridized carbons (Fsp3) is 0.167. The third-order valence-electron chi connectivity index (χ3n) is 3.11. The number of hydrogen-bond donors (Lipinski definition) is 3. The van der Waals surface area contributed by atoms with Gasteiger partial charge >= 0.3 is 6.03 Å². The minimum absolute atomic E-state index is 0.0173. The van der Waals surface area contributed by atoms with Crippen molar-refractivity contribution in [2.24, 2.45) is 0 Å². The van der Waals surface area contributed by atoms with Gasteiger partial charge in [-0.2, -0.15) is 0 Å². The molecule has 1 aromatic heterocycles. The van der Waals surface area contributed by atoms with Gasteiger partial charge in [0.1, 0.15) is 16.9 Å². The minimum Gasteiger partial charge on any atom is -0.360 e. The zero-order valence-corrected chi connectivity index (χ0v) is 10.3. The standard InChI is InChI=1S/C12H9ClFN3O2/c13-9-7(14)2-1-6-5(4-15-10(6)9)3-8-11(18)17-12(19)16-8/h1-2,4,8,15H,3H2,(H2,16,17,18,19)/t8-/m1/s1. The zero-order valence-electron chi connectivity index (χ0n) is 9.59. The van der Waals surface area contributed by atoms with Gasteiger partial charge < -0.3 is 10.3 Å². The van der Waals surface area contributed by atoms with Gasteiger partial charge in [-0.1, -0.05) is 11.6 Å². The molecule has 3 N–H and O–H groups in total. The number of amides is 3. The Labute approximate surface area is 112 Å². The maximum absolute atomic E-state index is 13.3. The summed E-state index contributed by atoms with van der Waals surface area (Å²) in [5.41, 5.74) is 1.28. The molecule has 0 unspecified atom stereocenters. The number of H-pyrrole nitrogens is 1. The van der Waals surface area contributed by atoms with Crippen molar-refractivity contribution in [3.63, 3.8) is 0 Å². The molecule has 1 aliphatic rings. The highest BCUT2D eigenvalue weighted by Gasteiger charge is 2.30. The van der Waals surface area contributed by atoms with E-state index in [1.165, 1.54) is 6.07 Å². The number of nitrogens with one attached hydrogen (secondary N) is 3. The molecule has 2 aromatic rings. The smallest absolute Gasteiger partial charge is 0.322 e. The average molecular weight is 282 g/mol. The largest absolute Gasteiger partial charge is 0.360 e. The summed E-state index contributed by atoms with van der Waals surface area (Å²) in [5.74, 6) is -0.873. The lowest BCUT2D eigenvalue weighted by molar-refractivity contribution is -0.120. The number of benzene rings is 1. The molecule has 0 aliphatic carbocycles. The van der Waals surface area contributed by atoms with E-state index in [0.29, 0.717) is 11.9 Å². The second-order valence-electron chi connectivity index (χ2n) is 4.32. The number of aromatic nitrogens is 1. The van der Waals surface area contributed by atoms with Crippen LogP contribution >= 0.6 is 11.6 Å². The summed E-state index contributed by atoms with van der Waals surface area (Å²) in [6.07, 6.45) is 1.98. The first-order valence-electron chi connectivity index (χ1n) is 5.61. The summed E-state index contributed by atoms with van der Waals surface area (Å²) in [6, 6.07) is 1.75. The molecule has 1 aliphatic heterocycles. The molecular weight excluding hydrogens is 273 g/mol. The number of fused-ring (bicyclic) bond motifs is 1. The zero-order chi connectivity index (χ0) is 13.6. The van der Waals surface area contributed by atoms with Crippen molar-refractivity contribution in [3.05, 3.63) is 34.7 Å². The fourth-order valence-electron chi connectivity index (χ4n) is 2.19. The number of hydrogen-bond acceptors (Lipinski definition) is 2. The van der Waals surface area contributed by atoms with Crippen LogP contribution in [0.25, 0.3) is 10.9 Å². The Morgan fingerprint density at radius 1 is 1.32 bits per heavy atom. The van der Waals surface area contributed by atoms with Crippen LogP contribution in [0.15, 0.2) is 18.3 Å². The first-order valence-corrected chi connectivity index (χ1v) is 5.99. The third-order valence-corrected chi connectivity index (χ3v) is 3.48. The van der Waals surface area contributed by atoms with E-state index >= 15 is 0 Å². The molecule has 0 radical (unpaired) electrons. The average Bonchev–Trinajstić information content (AvgIpc) is 2.90. The maximum Gasteiger partial charge on any atom is 0.322 e. The van der Waals surface area contributed by atoms with Crippen LogP contribution < -0.4 is 10.6 Å². The van der Waals surface area contributed by atoms with E-state index in [1.54, 1.807) is 12.3 Å². The van der Waals surface area contributed by atoms with Crippen LogP contribution in [0.2, 0.25) is 5.02 Å². The molecule has 0 bridgehead atoms. The molecule has 1 saturated heterocycles. The molecule has 98 valence electrons. The summed E-state index contributed by atoms with van der Waals surface area (Å²) in [4.78, 5) is 25.4. The number of halogens is 2. The van der Waals surface area contributed by atoms with Crippen LogP contribution in [0.5, 0.6) is 0 Å². The first-order chi connectivity index (χ1) is 9.06. The maximum atomic E-state index is 13.3. The molecule has 2 heterocycles. The molecule has 3 rings (SSSR count). The van der Waals surface area contributed by atoms with E-state index in [9.17, 15) is 14.0 Å². The molecule has 0 saturated carbocycles. The highest BCUT2D eigenvalue weighted by Crippen LogP contribution is 2.28. The Kier molecular flexibility index (Phi) is 2.67. The Hall–Kier alpha value is -2.08. The monoisotopic (exact) mass is 281 g/mol. The summed E-state index contributed by atoms with van der Waals surface area (Å²) < 4.78 is 13.3. The SMILES string of the molecule is O=C1NC(=O)[C@@H](Cc2c[nH]c3c(Cl)c(F)ccc23)N1. The minimum atomic E-state index is -0.615. The second kappa shape index (κ2) is 4.24. The van der Waals surface area contributed by atoms with Crippen molar-refractivity contribution in [2.45, 2.75) is 12.5 Å². The van der Waals surface area contributed by atoms with E-state index in [0.717, 1.165) is 10.9 Å². The van der Waals surface area contributed by atoms with Crippen molar-refractivity contribution >= 4 is 34.4 Å². The van der Waals surface area contributed by atoms with Gasteiger partial charge in [0.05, 0.1) is 5.52 Å². The van der Waals surface area contributed by atoms with Crippen LogP contribution in [-0.4, -0.2) is 23.0 Å². The van der Waals surface area contributed by atoms with Gasteiger partial charge in [0.25, 0.3) is 5.91 Å². The van der Waals surface area contributed by atoms with Gasteiger partial charge in [0.15, 0.2) is 0 Å². The number of rotatable bonds is 2. The normalized spacial score (nSPS) is 18.7. The number of carbonyl (C=O) groups is 2. The molecule has 3 amide bonds. The first kappa shape index (κ1) is 12.0. The highest BCUT2D eigenvalue weighted by atomic mass is 35.5. The molecular formula is C12H9ClFN3O2. The van der Waals surface area contributed by atoms with Crippen LogP contribution in [0.4, 0.5) is 9.18 Å². The van der Waals surface area contributed by atoms with E-state index in [2.05, 4.69) is 15.6 Å². The molecule has 7 heteroatoms. The summed E-state index contributed by atoms with van der Waals surface area (Å²) in [7, 11) is 0. The Balaban J connectivity index is 1.96. The van der Waals surface area contributed by atoms with Crippen LogP contribution in [-0.2, 0) is 11.2 Å². The predicted molar refractivity (Wildman–Crippen MR) is 67.4 cm³/mol. The van der Waals surface area contributed by atoms with Crippen molar-refractivity contribution in [3.8, 4) is 0 Å². The van der Waals surface area contributed by atoms with E-state index < -0.39 is 17.9 Å². The number of aromatic amines is 1. The number of imide groups is 1. The van der Waals surface area contributed by atoms with Gasteiger partial charge in [-0.3, -0.25) is 10.1 Å². The third kappa shape index (κ3) is 1.94. The summed E-state index contributed by atoms with van der Waals surface area (Å²) in [5, 5.41) is 5.43. The fourth-order valence-corrected chi connectivity index (χ4v) is 2.41. The summed E-state index contributed by atoms with van der Waals surface area (Å²) in [6.45, 7) is 0. The number of carbonyl (C=O) groups excluding carboxylic acids is 2. The quantitative estimate of drug-likeness (QED) is 0.733. The van der Waals surface area contributed by atoms with Gasteiger partial charge in [0.2, 0.25) is 0 Å².